The summed E-state index contributed by atoms with van der Waals surface area (Å²) in [6, 6.07) is 29.0. The van der Waals surface area contributed by atoms with Crippen molar-refractivity contribution in [2.45, 2.75) is 51.5 Å². The third kappa shape index (κ3) is 4.82. The van der Waals surface area contributed by atoms with Gasteiger partial charge in [0.25, 0.3) is 5.56 Å². The predicted molar refractivity (Wildman–Crippen MR) is 151 cm³/mol. The number of anilines is 1. The number of fused-ring (bicyclic) bond motifs is 1. The monoisotopic (exact) mass is 488 g/mol. The molecular formula is C32H32N4O. The van der Waals surface area contributed by atoms with Crippen molar-refractivity contribution in [1.29, 1.82) is 0 Å². The Labute approximate surface area is 217 Å². The van der Waals surface area contributed by atoms with Crippen LogP contribution in [0.2, 0.25) is 0 Å². The molecule has 3 aromatic carbocycles. The normalized spacial score (nSPS) is 14.2. The lowest BCUT2D eigenvalue weighted by Crippen LogP contribution is -2.16. The number of nitrogens with one attached hydrogen (secondary N) is 2. The summed E-state index contributed by atoms with van der Waals surface area (Å²) in [5, 5.41) is 9.32. The van der Waals surface area contributed by atoms with E-state index in [0.717, 1.165) is 28.0 Å². The number of H-pyrrole nitrogens is 1. The molecule has 186 valence electrons. The highest BCUT2D eigenvalue weighted by molar-refractivity contribution is 5.92. The standard InChI is InChI=1S/C32H32N4O/c1-22-12-14-25(15-13-22)30-29-20-26(32(37)34-31(29)36(35-30)28-10-6-3-7-11-28)21-33-27-18-16-24(17-19-27)23-8-4-2-5-9-23/h3,6-7,10-20,23,33H,2,4-5,8-9,21H2,1H3,(H,34,37). The molecular weight excluding hydrogens is 456 g/mol. The molecule has 5 nitrogen and oxygen atoms in total. The van der Waals surface area contributed by atoms with Gasteiger partial charge in [-0.1, -0.05) is 79.4 Å². The van der Waals surface area contributed by atoms with E-state index < -0.39 is 0 Å². The highest BCUT2D eigenvalue weighted by atomic mass is 16.1. The molecule has 0 radical (unpaired) electrons. The second kappa shape index (κ2) is 10.1. The van der Waals surface area contributed by atoms with Crippen molar-refractivity contribution in [2.75, 3.05) is 5.32 Å². The maximum atomic E-state index is 13.2. The molecule has 6 rings (SSSR count). The van der Waals surface area contributed by atoms with Crippen molar-refractivity contribution in [3.05, 3.63) is 112 Å². The fourth-order valence-electron chi connectivity index (χ4n) is 5.43. The van der Waals surface area contributed by atoms with Crippen LogP contribution in [-0.4, -0.2) is 14.8 Å². The second-order valence-corrected chi connectivity index (χ2v) is 10.2. The van der Waals surface area contributed by atoms with Crippen LogP contribution in [0, 0.1) is 6.92 Å². The van der Waals surface area contributed by atoms with Gasteiger partial charge in [0.05, 0.1) is 5.69 Å². The Balaban J connectivity index is 1.33. The quantitative estimate of drug-likeness (QED) is 0.263. The van der Waals surface area contributed by atoms with Crippen LogP contribution in [0.5, 0.6) is 0 Å². The van der Waals surface area contributed by atoms with Crippen LogP contribution in [0.1, 0.15) is 54.7 Å². The van der Waals surface area contributed by atoms with Gasteiger partial charge in [-0.05, 0) is 61.6 Å². The lowest BCUT2D eigenvalue weighted by molar-refractivity contribution is 0.443. The Kier molecular flexibility index (Phi) is 6.35. The molecule has 2 N–H and O–H groups in total. The van der Waals surface area contributed by atoms with Crippen LogP contribution < -0.4 is 10.9 Å². The van der Waals surface area contributed by atoms with Crippen LogP contribution in [0.25, 0.3) is 28.0 Å². The van der Waals surface area contributed by atoms with E-state index >= 15 is 0 Å². The summed E-state index contributed by atoms with van der Waals surface area (Å²) in [6.45, 7) is 2.52. The van der Waals surface area contributed by atoms with E-state index in [-0.39, 0.29) is 5.56 Å². The fraction of sp³-hybridized carbons (Fsp3) is 0.250. The average molecular weight is 489 g/mol. The van der Waals surface area contributed by atoms with Crippen molar-refractivity contribution in [1.82, 2.24) is 14.8 Å². The molecule has 1 aliphatic rings. The first-order chi connectivity index (χ1) is 18.2. The van der Waals surface area contributed by atoms with Crippen LogP contribution >= 0.6 is 0 Å². The Morgan fingerprint density at radius 2 is 1.65 bits per heavy atom. The van der Waals surface area contributed by atoms with Gasteiger partial charge in [0.1, 0.15) is 11.3 Å². The summed E-state index contributed by atoms with van der Waals surface area (Å²) >= 11 is 0. The van der Waals surface area contributed by atoms with Gasteiger partial charge in [0.2, 0.25) is 0 Å². The van der Waals surface area contributed by atoms with E-state index in [1.165, 1.54) is 43.2 Å². The van der Waals surface area contributed by atoms with Crippen molar-refractivity contribution in [2.24, 2.45) is 0 Å². The Morgan fingerprint density at radius 1 is 0.919 bits per heavy atom. The number of hydrogen-bond acceptors (Lipinski definition) is 3. The highest BCUT2D eigenvalue weighted by Crippen LogP contribution is 2.33. The van der Waals surface area contributed by atoms with Gasteiger partial charge in [-0.25, -0.2) is 4.68 Å². The number of aromatic amines is 1. The van der Waals surface area contributed by atoms with Gasteiger partial charge < -0.3 is 10.3 Å². The number of rotatable bonds is 6. The largest absolute Gasteiger partial charge is 0.381 e. The van der Waals surface area contributed by atoms with Crippen LogP contribution in [0.4, 0.5) is 5.69 Å². The van der Waals surface area contributed by atoms with Crippen molar-refractivity contribution < 1.29 is 0 Å². The van der Waals surface area contributed by atoms with E-state index in [1.807, 2.05) is 41.1 Å². The minimum absolute atomic E-state index is 0.105. The van der Waals surface area contributed by atoms with E-state index in [9.17, 15) is 4.79 Å². The Hall–Kier alpha value is -4.12. The first-order valence-corrected chi connectivity index (χ1v) is 13.3. The molecule has 0 bridgehead atoms. The molecule has 1 fully saturated rings. The molecule has 1 saturated carbocycles. The zero-order valence-electron chi connectivity index (χ0n) is 21.2. The number of para-hydroxylation sites is 1. The van der Waals surface area contributed by atoms with E-state index in [2.05, 4.69) is 65.8 Å². The zero-order valence-corrected chi connectivity index (χ0v) is 21.2. The van der Waals surface area contributed by atoms with Crippen LogP contribution in [-0.2, 0) is 6.54 Å². The maximum absolute atomic E-state index is 13.2. The zero-order chi connectivity index (χ0) is 25.2. The SMILES string of the molecule is Cc1ccc(-c2nn(-c3ccccc3)c3[nH]c(=O)c(CNc4ccc(C5CCCCC5)cc4)cc23)cc1. The highest BCUT2D eigenvalue weighted by Gasteiger charge is 2.17. The third-order valence-electron chi connectivity index (χ3n) is 7.56. The fourth-order valence-corrected chi connectivity index (χ4v) is 5.43. The average Bonchev–Trinajstić information content (AvgIpc) is 3.31. The number of hydrogen-bond donors (Lipinski definition) is 2. The first-order valence-electron chi connectivity index (χ1n) is 13.3. The summed E-state index contributed by atoms with van der Waals surface area (Å²) in [5.41, 5.74) is 7.72. The molecule has 0 unspecified atom stereocenters. The van der Waals surface area contributed by atoms with Gasteiger partial charge >= 0.3 is 0 Å². The van der Waals surface area contributed by atoms with Gasteiger partial charge in [0, 0.05) is 28.7 Å². The smallest absolute Gasteiger partial charge is 0.254 e. The van der Waals surface area contributed by atoms with Gasteiger partial charge in [0.15, 0.2) is 0 Å². The summed E-state index contributed by atoms with van der Waals surface area (Å²) in [7, 11) is 0. The molecule has 0 saturated heterocycles. The number of benzene rings is 3. The van der Waals surface area contributed by atoms with Crippen LogP contribution in [0.3, 0.4) is 0 Å². The van der Waals surface area contributed by atoms with Crippen molar-refractivity contribution in [3.8, 4) is 16.9 Å². The molecule has 0 aliphatic heterocycles. The molecule has 37 heavy (non-hydrogen) atoms. The molecule has 0 spiro atoms. The van der Waals surface area contributed by atoms with E-state index in [4.69, 9.17) is 5.10 Å². The lowest BCUT2D eigenvalue weighted by Gasteiger charge is -2.22. The third-order valence-corrected chi connectivity index (χ3v) is 7.56. The molecule has 1 aliphatic carbocycles. The summed E-state index contributed by atoms with van der Waals surface area (Å²) in [4.78, 5) is 16.3. The molecule has 0 atom stereocenters. The molecule has 2 aromatic heterocycles. The minimum atomic E-state index is -0.105. The molecule has 5 aromatic rings. The van der Waals surface area contributed by atoms with Gasteiger partial charge in [-0.3, -0.25) is 4.79 Å². The molecule has 0 amide bonds. The second-order valence-electron chi connectivity index (χ2n) is 10.2. The molecule has 5 heteroatoms. The van der Waals surface area contributed by atoms with Crippen molar-refractivity contribution in [3.63, 3.8) is 0 Å². The number of aryl methyl sites for hydroxylation is 1. The summed E-state index contributed by atoms with van der Waals surface area (Å²) < 4.78 is 1.83. The Morgan fingerprint density at radius 3 is 2.38 bits per heavy atom. The van der Waals surface area contributed by atoms with Crippen molar-refractivity contribution >= 4 is 16.7 Å². The first kappa shape index (κ1) is 23.3. The van der Waals surface area contributed by atoms with Gasteiger partial charge in [-0.2, -0.15) is 5.10 Å². The van der Waals surface area contributed by atoms with Gasteiger partial charge in [-0.15, -0.1) is 0 Å². The van der Waals surface area contributed by atoms with Crippen LogP contribution in [0.15, 0.2) is 89.7 Å². The maximum Gasteiger partial charge on any atom is 0.254 e. The number of nitrogens with zero attached hydrogens (tertiary/aromatic N) is 2. The van der Waals surface area contributed by atoms with E-state index in [1.54, 1.807) is 0 Å². The number of pyridine rings is 1. The predicted octanol–water partition coefficient (Wildman–Crippen LogP) is 7.35. The minimum Gasteiger partial charge on any atom is -0.381 e. The number of aromatic nitrogens is 3. The Bertz CT molecular complexity index is 1560. The lowest BCUT2D eigenvalue weighted by atomic mass is 9.84. The topological polar surface area (TPSA) is 62.7 Å². The summed E-state index contributed by atoms with van der Waals surface area (Å²) in [5.74, 6) is 0.689. The van der Waals surface area contributed by atoms with E-state index in [0.29, 0.717) is 23.7 Å². The molecule has 2 heterocycles. The summed E-state index contributed by atoms with van der Waals surface area (Å²) in [6.07, 6.45) is 6.62.